The molecule has 0 aliphatic carbocycles. The van der Waals surface area contributed by atoms with Crippen molar-refractivity contribution in [2.45, 2.75) is 23.9 Å². The highest BCUT2D eigenvalue weighted by Crippen LogP contribution is 2.56. The van der Waals surface area contributed by atoms with Gasteiger partial charge in [0, 0.05) is 5.56 Å². The molecule has 1 aromatic carbocycles. The van der Waals surface area contributed by atoms with Crippen molar-refractivity contribution < 1.29 is 54.5 Å². The van der Waals surface area contributed by atoms with E-state index in [-0.39, 0.29) is 12.1 Å². The number of rotatable bonds is 4. The van der Waals surface area contributed by atoms with Gasteiger partial charge in [-0.25, -0.2) is 4.79 Å². The lowest BCUT2D eigenvalue weighted by Gasteiger charge is -2.34. The molecule has 0 bridgehead atoms. The van der Waals surface area contributed by atoms with Crippen LogP contribution in [-0.2, 0) is 5.92 Å². The Kier molecular flexibility index (Phi) is 4.27. The second kappa shape index (κ2) is 5.20. The fourth-order valence-corrected chi connectivity index (χ4v) is 1.45. The first-order valence-electron chi connectivity index (χ1n) is 5.32. The monoisotopic (exact) mass is 355 g/mol. The fourth-order valence-electron chi connectivity index (χ4n) is 1.45. The Labute approximate surface area is 120 Å². The molecule has 0 saturated heterocycles. The maximum Gasteiger partial charge on any atom is 0.460 e. The normalized spacial score (nSPS) is 14.0. The molecule has 0 aromatic heterocycles. The maximum absolute atomic E-state index is 13.5. The maximum atomic E-state index is 13.5. The molecular formula is C11H4F9O3-. The van der Waals surface area contributed by atoms with Gasteiger partial charge in [0.1, 0.15) is 0 Å². The number of carbonyl (C=O) groups is 1. The van der Waals surface area contributed by atoms with Gasteiger partial charge in [0.25, 0.3) is 0 Å². The van der Waals surface area contributed by atoms with Crippen LogP contribution in [0.25, 0.3) is 0 Å². The molecule has 0 amide bonds. The predicted molar refractivity (Wildman–Crippen MR) is 52.7 cm³/mol. The van der Waals surface area contributed by atoms with E-state index in [0.717, 1.165) is 0 Å². The Morgan fingerprint density at radius 3 is 1.74 bits per heavy atom. The molecule has 130 valence electrons. The Morgan fingerprint density at radius 2 is 1.39 bits per heavy atom. The molecule has 0 atom stereocenters. The van der Waals surface area contributed by atoms with E-state index in [1.54, 1.807) is 0 Å². The quantitative estimate of drug-likeness (QED) is 0.843. The molecule has 3 nitrogen and oxygen atoms in total. The number of benzene rings is 1. The second-order valence-electron chi connectivity index (χ2n) is 4.24. The third kappa shape index (κ3) is 2.77. The van der Waals surface area contributed by atoms with Gasteiger partial charge in [-0.1, -0.05) is 17.9 Å². The third-order valence-electron chi connectivity index (χ3n) is 2.72. The molecule has 1 rings (SSSR count). The molecule has 0 fully saturated rings. The summed E-state index contributed by atoms with van der Waals surface area (Å²) in [6.45, 7) is 0. The summed E-state index contributed by atoms with van der Waals surface area (Å²) < 4.78 is 114. The summed E-state index contributed by atoms with van der Waals surface area (Å²) in [5, 5.41) is 19.6. The first kappa shape index (κ1) is 18.9. The van der Waals surface area contributed by atoms with Crippen molar-refractivity contribution in [1.82, 2.24) is 0 Å². The first-order chi connectivity index (χ1) is 10.1. The third-order valence-corrected chi connectivity index (χ3v) is 2.72. The first-order valence-corrected chi connectivity index (χ1v) is 5.32. The summed E-state index contributed by atoms with van der Waals surface area (Å²) >= 11 is 0. The van der Waals surface area contributed by atoms with E-state index in [9.17, 15) is 49.4 Å². The van der Waals surface area contributed by atoms with Crippen molar-refractivity contribution in [3.8, 4) is 5.75 Å². The minimum Gasteiger partial charge on any atom is -0.872 e. The van der Waals surface area contributed by atoms with E-state index < -0.39 is 52.9 Å². The highest BCUT2D eigenvalue weighted by Gasteiger charge is 2.81. The Balaban J connectivity index is 3.46. The number of aromatic carboxylic acids is 1. The Hall–Kier alpha value is -2.14. The zero-order valence-electron chi connectivity index (χ0n) is 10.4. The van der Waals surface area contributed by atoms with E-state index in [1.807, 2.05) is 0 Å². The summed E-state index contributed by atoms with van der Waals surface area (Å²) in [6.07, 6.45) is -6.98. The molecular weight excluding hydrogens is 351 g/mol. The molecule has 12 heteroatoms. The lowest BCUT2D eigenvalue weighted by molar-refractivity contribution is -0.399. The summed E-state index contributed by atoms with van der Waals surface area (Å²) in [4.78, 5) is 10.5. The van der Waals surface area contributed by atoms with E-state index in [1.165, 1.54) is 0 Å². The Bertz CT molecular complexity index is 622. The number of carboxylic acid groups (broad SMARTS) is 1. The van der Waals surface area contributed by atoms with Gasteiger partial charge in [0.2, 0.25) is 0 Å². The van der Waals surface area contributed by atoms with Gasteiger partial charge in [-0.05, 0) is 6.07 Å². The molecule has 0 heterocycles. The van der Waals surface area contributed by atoms with Crippen LogP contribution in [-0.4, -0.2) is 29.1 Å². The lowest BCUT2D eigenvalue weighted by atomic mass is 9.95. The minimum absolute atomic E-state index is 0.0930. The molecule has 23 heavy (non-hydrogen) atoms. The van der Waals surface area contributed by atoms with Crippen molar-refractivity contribution in [2.24, 2.45) is 0 Å². The van der Waals surface area contributed by atoms with Crippen LogP contribution in [0.5, 0.6) is 5.75 Å². The number of carboxylic acids is 1. The Morgan fingerprint density at radius 1 is 0.913 bits per heavy atom. The lowest BCUT2D eigenvalue weighted by Crippen LogP contribution is -2.59. The van der Waals surface area contributed by atoms with Gasteiger partial charge in [0.05, 0.1) is 5.56 Å². The zero-order chi connectivity index (χ0) is 18.4. The number of halogens is 9. The fraction of sp³-hybridized carbons (Fsp3) is 0.364. The highest BCUT2D eigenvalue weighted by atomic mass is 19.4. The minimum atomic E-state index is -7.10. The van der Waals surface area contributed by atoms with Crippen LogP contribution in [0.15, 0.2) is 18.2 Å². The highest BCUT2D eigenvalue weighted by molar-refractivity contribution is 5.90. The van der Waals surface area contributed by atoms with Crippen LogP contribution in [0, 0.1) is 0 Å². The van der Waals surface area contributed by atoms with Crippen molar-refractivity contribution in [1.29, 1.82) is 0 Å². The largest absolute Gasteiger partial charge is 0.872 e. The van der Waals surface area contributed by atoms with Gasteiger partial charge in [0.15, 0.2) is 0 Å². The van der Waals surface area contributed by atoms with Crippen LogP contribution >= 0.6 is 0 Å². The van der Waals surface area contributed by atoms with Crippen LogP contribution in [0.4, 0.5) is 39.5 Å². The zero-order valence-corrected chi connectivity index (χ0v) is 10.4. The van der Waals surface area contributed by atoms with Gasteiger partial charge in [-0.3, -0.25) is 0 Å². The van der Waals surface area contributed by atoms with Gasteiger partial charge in [-0.15, -0.1) is 0 Å². The molecule has 0 radical (unpaired) electrons. The molecule has 0 spiro atoms. The average molecular weight is 355 g/mol. The van der Waals surface area contributed by atoms with Crippen LogP contribution in [0.2, 0.25) is 0 Å². The topological polar surface area (TPSA) is 60.4 Å². The number of hydrogen-bond donors (Lipinski definition) is 1. The number of alkyl halides is 9. The second-order valence-corrected chi connectivity index (χ2v) is 4.24. The molecule has 1 N–H and O–H groups in total. The van der Waals surface area contributed by atoms with E-state index >= 15 is 0 Å². The summed E-state index contributed by atoms with van der Waals surface area (Å²) in [5.41, 5.74) is -3.34. The van der Waals surface area contributed by atoms with Gasteiger partial charge in [-0.2, -0.15) is 39.5 Å². The number of hydrogen-bond acceptors (Lipinski definition) is 2. The predicted octanol–water partition coefficient (Wildman–Crippen LogP) is 3.38. The van der Waals surface area contributed by atoms with E-state index in [4.69, 9.17) is 5.11 Å². The van der Waals surface area contributed by atoms with E-state index in [0.29, 0.717) is 0 Å². The molecule has 0 saturated carbocycles. The van der Waals surface area contributed by atoms with Crippen LogP contribution in [0.3, 0.4) is 0 Å². The van der Waals surface area contributed by atoms with Gasteiger partial charge < -0.3 is 10.2 Å². The molecule has 0 aliphatic rings. The van der Waals surface area contributed by atoms with Crippen LogP contribution in [0.1, 0.15) is 15.9 Å². The standard InChI is InChI=1S/C11H5F9O3/c12-8(13,9(14,15)10(16,17)11(18,19)20)4-1-2-5(7(22)23)6(21)3-4/h1-3,21H,(H,22,23)/p-1. The smallest absolute Gasteiger partial charge is 0.460 e. The molecule has 0 aliphatic heterocycles. The summed E-state index contributed by atoms with van der Waals surface area (Å²) in [7, 11) is 0. The van der Waals surface area contributed by atoms with Crippen molar-refractivity contribution in [3.05, 3.63) is 29.3 Å². The average Bonchev–Trinajstić information content (AvgIpc) is 2.36. The van der Waals surface area contributed by atoms with Crippen molar-refractivity contribution >= 4 is 5.97 Å². The van der Waals surface area contributed by atoms with Crippen molar-refractivity contribution in [2.75, 3.05) is 0 Å². The van der Waals surface area contributed by atoms with Gasteiger partial charge >= 0.3 is 29.9 Å². The van der Waals surface area contributed by atoms with Crippen LogP contribution < -0.4 is 5.11 Å². The summed E-state index contributed by atoms with van der Waals surface area (Å²) in [5.74, 6) is -23.8. The molecule has 0 unspecified atom stereocenters. The summed E-state index contributed by atoms with van der Waals surface area (Å²) in [6, 6.07) is -0.495. The SMILES string of the molecule is O=C(O)c1ccc(C(F)(F)C(F)(F)C(F)(F)C(F)(F)F)cc1[O-]. The van der Waals surface area contributed by atoms with E-state index in [2.05, 4.69) is 0 Å². The molecule has 1 aromatic rings. The van der Waals surface area contributed by atoms with Crippen molar-refractivity contribution in [3.63, 3.8) is 0 Å².